The van der Waals surface area contributed by atoms with Crippen molar-refractivity contribution < 1.29 is 23.4 Å². The summed E-state index contributed by atoms with van der Waals surface area (Å²) in [5, 5.41) is 19.1. The van der Waals surface area contributed by atoms with Crippen LogP contribution >= 0.6 is 11.6 Å². The fraction of sp³-hybridized carbons (Fsp3) is 0.571. The molecule has 118 valence electrons. The third-order valence-corrected chi connectivity index (χ3v) is 4.24. The molecule has 0 aromatic heterocycles. The number of likely N-dealkylation sites (tertiary alicyclic amines) is 1. The first kappa shape index (κ1) is 16.5. The number of benzene rings is 1. The Morgan fingerprint density at radius 1 is 1.24 bits per heavy atom. The summed E-state index contributed by atoms with van der Waals surface area (Å²) >= 11 is 5.59. The Kier molecular flexibility index (Phi) is 4.82. The average molecular weight is 324 g/mol. The van der Waals surface area contributed by atoms with E-state index in [1.54, 1.807) is 0 Å². The molecule has 1 aliphatic heterocycles. The van der Waals surface area contributed by atoms with E-state index < -0.39 is 17.3 Å². The van der Waals surface area contributed by atoms with Crippen LogP contribution in [0.3, 0.4) is 0 Å². The minimum atomic E-state index is -4.54. The maximum absolute atomic E-state index is 12.9. The van der Waals surface area contributed by atoms with Crippen molar-refractivity contribution >= 4 is 11.6 Å². The third kappa shape index (κ3) is 3.69. The molecule has 0 saturated carbocycles. The predicted octanol–water partition coefficient (Wildman–Crippen LogP) is 2.63. The number of rotatable bonds is 3. The number of β-amino-alcohol motifs (C(OH)–C–C–N with tert-alkyl or cyclic N) is 1. The largest absolute Gasteiger partial charge is 0.417 e. The van der Waals surface area contributed by atoms with Crippen LogP contribution in [0.5, 0.6) is 0 Å². The van der Waals surface area contributed by atoms with Gasteiger partial charge in [0.1, 0.15) is 0 Å². The number of halogens is 4. The molecule has 0 radical (unpaired) electrons. The average Bonchev–Trinajstić information content (AvgIpc) is 2.41. The van der Waals surface area contributed by atoms with Crippen LogP contribution in [0.1, 0.15) is 24.0 Å². The Balaban J connectivity index is 2.22. The van der Waals surface area contributed by atoms with E-state index in [2.05, 4.69) is 0 Å². The number of hydrogen-bond donors (Lipinski definition) is 2. The third-order valence-electron chi connectivity index (χ3n) is 3.91. The van der Waals surface area contributed by atoms with Crippen molar-refractivity contribution in [3.63, 3.8) is 0 Å². The summed E-state index contributed by atoms with van der Waals surface area (Å²) in [6.07, 6.45) is -3.89. The second kappa shape index (κ2) is 6.12. The zero-order valence-electron chi connectivity index (χ0n) is 11.3. The van der Waals surface area contributed by atoms with Gasteiger partial charge in [-0.1, -0.05) is 17.7 Å². The van der Waals surface area contributed by atoms with Crippen molar-refractivity contribution in [3.05, 3.63) is 34.3 Å². The molecule has 0 bridgehead atoms. The van der Waals surface area contributed by atoms with Gasteiger partial charge in [-0.05, 0) is 30.5 Å². The van der Waals surface area contributed by atoms with Crippen LogP contribution in [-0.4, -0.2) is 41.4 Å². The fourth-order valence-corrected chi connectivity index (χ4v) is 2.83. The maximum atomic E-state index is 12.9. The van der Waals surface area contributed by atoms with Gasteiger partial charge in [-0.2, -0.15) is 13.2 Å². The molecule has 3 nitrogen and oxygen atoms in total. The molecule has 0 amide bonds. The standard InChI is InChI=1S/C14H17ClF3NO2/c15-12-2-1-10(9-11(12)14(16,17)18)13(21)3-5-19(6-4-13)7-8-20/h1-2,9,20-21H,3-8H2. The van der Waals surface area contributed by atoms with Crippen molar-refractivity contribution in [2.75, 3.05) is 26.2 Å². The van der Waals surface area contributed by atoms with Crippen LogP contribution in [0.25, 0.3) is 0 Å². The monoisotopic (exact) mass is 323 g/mol. The van der Waals surface area contributed by atoms with Gasteiger partial charge in [-0.25, -0.2) is 0 Å². The van der Waals surface area contributed by atoms with Gasteiger partial charge >= 0.3 is 6.18 Å². The molecular formula is C14H17ClF3NO2. The molecule has 1 aromatic carbocycles. The summed E-state index contributed by atoms with van der Waals surface area (Å²) in [4.78, 5) is 1.97. The van der Waals surface area contributed by atoms with Crippen molar-refractivity contribution in [1.82, 2.24) is 4.90 Å². The molecule has 2 rings (SSSR count). The lowest BCUT2D eigenvalue weighted by atomic mass is 9.83. The molecular weight excluding hydrogens is 307 g/mol. The van der Waals surface area contributed by atoms with Gasteiger partial charge in [0.05, 0.1) is 22.8 Å². The summed E-state index contributed by atoms with van der Waals surface area (Å²) in [5.41, 5.74) is -1.97. The van der Waals surface area contributed by atoms with Crippen molar-refractivity contribution in [2.45, 2.75) is 24.6 Å². The van der Waals surface area contributed by atoms with E-state index in [0.717, 1.165) is 6.07 Å². The molecule has 2 N–H and O–H groups in total. The highest BCUT2D eigenvalue weighted by Gasteiger charge is 2.38. The fourth-order valence-electron chi connectivity index (χ4n) is 2.61. The maximum Gasteiger partial charge on any atom is 0.417 e. The highest BCUT2D eigenvalue weighted by molar-refractivity contribution is 6.31. The van der Waals surface area contributed by atoms with Gasteiger partial charge in [0.25, 0.3) is 0 Å². The molecule has 0 spiro atoms. The second-order valence-corrected chi connectivity index (χ2v) is 5.70. The Morgan fingerprint density at radius 2 is 1.86 bits per heavy atom. The van der Waals surface area contributed by atoms with Crippen LogP contribution in [-0.2, 0) is 11.8 Å². The molecule has 21 heavy (non-hydrogen) atoms. The summed E-state index contributed by atoms with van der Waals surface area (Å²) < 4.78 is 38.6. The van der Waals surface area contributed by atoms with Gasteiger partial charge in [0, 0.05) is 19.6 Å². The van der Waals surface area contributed by atoms with Crippen molar-refractivity contribution in [1.29, 1.82) is 0 Å². The van der Waals surface area contributed by atoms with E-state index in [4.69, 9.17) is 16.7 Å². The van der Waals surface area contributed by atoms with Crippen LogP contribution in [0, 0.1) is 0 Å². The number of aliphatic hydroxyl groups is 2. The van der Waals surface area contributed by atoms with Gasteiger partial charge in [-0.3, -0.25) is 0 Å². The van der Waals surface area contributed by atoms with E-state index >= 15 is 0 Å². The van der Waals surface area contributed by atoms with Crippen LogP contribution in [0.15, 0.2) is 18.2 Å². The first-order chi connectivity index (χ1) is 9.76. The molecule has 1 fully saturated rings. The molecule has 1 saturated heterocycles. The number of alkyl halides is 3. The second-order valence-electron chi connectivity index (χ2n) is 5.29. The highest BCUT2D eigenvalue weighted by Crippen LogP contribution is 2.39. The van der Waals surface area contributed by atoms with Gasteiger partial charge in [-0.15, -0.1) is 0 Å². The summed E-state index contributed by atoms with van der Waals surface area (Å²) in [6, 6.07) is 3.56. The first-order valence-electron chi connectivity index (χ1n) is 6.69. The smallest absolute Gasteiger partial charge is 0.395 e. The zero-order valence-corrected chi connectivity index (χ0v) is 12.1. The summed E-state index contributed by atoms with van der Waals surface area (Å²) in [5.74, 6) is 0. The molecule has 0 atom stereocenters. The number of aliphatic hydroxyl groups excluding tert-OH is 1. The predicted molar refractivity (Wildman–Crippen MR) is 73.1 cm³/mol. The zero-order chi connectivity index (χ0) is 15.7. The Hall–Kier alpha value is -0.820. The van der Waals surface area contributed by atoms with Crippen LogP contribution in [0.2, 0.25) is 5.02 Å². The lowest BCUT2D eigenvalue weighted by Crippen LogP contribution is -2.43. The molecule has 1 aliphatic rings. The lowest BCUT2D eigenvalue weighted by molar-refractivity contribution is -0.137. The highest BCUT2D eigenvalue weighted by atomic mass is 35.5. The Bertz CT molecular complexity index is 499. The van der Waals surface area contributed by atoms with Crippen LogP contribution in [0.4, 0.5) is 13.2 Å². The molecule has 1 aromatic rings. The van der Waals surface area contributed by atoms with Gasteiger partial charge in [0.15, 0.2) is 0 Å². The van der Waals surface area contributed by atoms with E-state index in [1.165, 1.54) is 12.1 Å². The summed E-state index contributed by atoms with van der Waals surface area (Å²) in [6.45, 7) is 1.59. The van der Waals surface area contributed by atoms with E-state index in [1.807, 2.05) is 4.90 Å². The van der Waals surface area contributed by atoms with Crippen LogP contribution < -0.4 is 0 Å². The van der Waals surface area contributed by atoms with Crippen molar-refractivity contribution in [3.8, 4) is 0 Å². The number of nitrogens with zero attached hydrogens (tertiary/aromatic N) is 1. The summed E-state index contributed by atoms with van der Waals surface area (Å²) in [7, 11) is 0. The number of hydrogen-bond acceptors (Lipinski definition) is 3. The quantitative estimate of drug-likeness (QED) is 0.899. The Labute approximate surface area is 125 Å². The number of piperidine rings is 1. The molecule has 1 heterocycles. The SMILES string of the molecule is OCCN1CCC(O)(c2ccc(Cl)c(C(F)(F)F)c2)CC1. The minimum absolute atomic E-state index is 0.0254. The lowest BCUT2D eigenvalue weighted by Gasteiger charge is -2.38. The molecule has 0 aliphatic carbocycles. The van der Waals surface area contributed by atoms with Crippen molar-refractivity contribution in [2.24, 2.45) is 0 Å². The first-order valence-corrected chi connectivity index (χ1v) is 7.07. The molecule has 7 heteroatoms. The van der Waals surface area contributed by atoms with E-state index in [9.17, 15) is 18.3 Å². The van der Waals surface area contributed by atoms with Gasteiger partial charge < -0.3 is 15.1 Å². The van der Waals surface area contributed by atoms with Gasteiger partial charge in [0.2, 0.25) is 0 Å². The van der Waals surface area contributed by atoms with E-state index in [0.29, 0.717) is 32.5 Å². The molecule has 0 unspecified atom stereocenters. The Morgan fingerprint density at radius 3 is 2.38 bits per heavy atom. The van der Waals surface area contributed by atoms with E-state index in [-0.39, 0.29) is 17.2 Å². The normalized spacial score (nSPS) is 19.7. The topological polar surface area (TPSA) is 43.7 Å². The minimum Gasteiger partial charge on any atom is -0.395 e.